The van der Waals surface area contributed by atoms with E-state index in [4.69, 9.17) is 9.15 Å². The Bertz CT molecular complexity index is 511. The fourth-order valence-electron chi connectivity index (χ4n) is 1.44. The van der Waals surface area contributed by atoms with Crippen LogP contribution in [0.5, 0.6) is 5.75 Å². The minimum atomic E-state index is -0.392. The molecule has 3 nitrogen and oxygen atoms in total. The second-order valence-electron chi connectivity index (χ2n) is 3.60. The van der Waals surface area contributed by atoms with Gasteiger partial charge in [-0.3, -0.25) is 0 Å². The third kappa shape index (κ3) is 2.14. The third-order valence-corrected chi connectivity index (χ3v) is 2.28. The number of benzene rings is 1. The van der Waals surface area contributed by atoms with Gasteiger partial charge in [-0.2, -0.15) is 0 Å². The van der Waals surface area contributed by atoms with Crippen molar-refractivity contribution in [2.75, 3.05) is 0 Å². The summed E-state index contributed by atoms with van der Waals surface area (Å²) in [6.07, 6.45) is 1.47. The molecule has 82 valence electrons. The van der Waals surface area contributed by atoms with E-state index >= 15 is 0 Å². The molecule has 2 rings (SSSR count). The molecule has 1 heterocycles. The molecule has 0 aliphatic rings. The lowest BCUT2D eigenvalue weighted by molar-refractivity contribution is 0.0733. The molecule has 1 aromatic heterocycles. The van der Waals surface area contributed by atoms with Gasteiger partial charge in [0.05, 0.1) is 6.26 Å². The number of ether oxygens (including phenoxy) is 1. The Morgan fingerprint density at radius 1 is 1.25 bits per heavy atom. The minimum absolute atomic E-state index is 0.392. The molecule has 2 aromatic rings. The summed E-state index contributed by atoms with van der Waals surface area (Å²) < 4.78 is 10.3. The topological polar surface area (TPSA) is 39.4 Å². The Labute approximate surface area is 93.7 Å². The van der Waals surface area contributed by atoms with E-state index in [2.05, 4.69) is 0 Å². The normalized spacial score (nSPS) is 10.1. The summed E-state index contributed by atoms with van der Waals surface area (Å²) in [5.41, 5.74) is 1.51. The maximum atomic E-state index is 11.7. The van der Waals surface area contributed by atoms with Gasteiger partial charge in [0.25, 0.3) is 0 Å². The molecule has 0 atom stereocenters. The number of aryl methyl sites for hydroxylation is 2. The first kappa shape index (κ1) is 10.5. The highest BCUT2D eigenvalue weighted by molar-refractivity contribution is 5.91. The maximum Gasteiger partial charge on any atom is 0.347 e. The summed E-state index contributed by atoms with van der Waals surface area (Å²) in [5, 5.41) is 0. The fraction of sp³-hybridized carbons (Fsp3) is 0.154. The number of carbonyl (C=O) groups excluding carboxylic acids is 1. The predicted molar refractivity (Wildman–Crippen MR) is 59.6 cm³/mol. The van der Waals surface area contributed by atoms with Gasteiger partial charge in [0.2, 0.25) is 0 Å². The average molecular weight is 216 g/mol. The molecule has 0 saturated heterocycles. The smallest absolute Gasteiger partial charge is 0.347 e. The highest BCUT2D eigenvalue weighted by atomic mass is 16.5. The molecule has 0 aliphatic heterocycles. The van der Waals surface area contributed by atoms with Crippen LogP contribution in [0.3, 0.4) is 0 Å². The van der Waals surface area contributed by atoms with E-state index in [1.54, 1.807) is 19.1 Å². The first-order chi connectivity index (χ1) is 7.66. The van der Waals surface area contributed by atoms with Crippen molar-refractivity contribution in [2.24, 2.45) is 0 Å². The first-order valence-electron chi connectivity index (χ1n) is 5.00. The summed E-state index contributed by atoms with van der Waals surface area (Å²) in [4.78, 5) is 11.7. The van der Waals surface area contributed by atoms with Gasteiger partial charge in [-0.15, -0.1) is 0 Å². The van der Waals surface area contributed by atoms with Gasteiger partial charge in [0.1, 0.15) is 17.1 Å². The Balaban J connectivity index is 2.17. The summed E-state index contributed by atoms with van der Waals surface area (Å²) in [6.45, 7) is 3.67. The van der Waals surface area contributed by atoms with Crippen molar-refractivity contribution in [2.45, 2.75) is 13.8 Å². The molecule has 0 bridgehead atoms. The molecule has 0 amide bonds. The molecule has 0 unspecified atom stereocenters. The maximum absolute atomic E-state index is 11.7. The first-order valence-corrected chi connectivity index (χ1v) is 5.00. The SMILES string of the molecule is Cc1cccc(OC(=O)c2ccoc2C)c1. The van der Waals surface area contributed by atoms with Gasteiger partial charge in [-0.1, -0.05) is 12.1 Å². The van der Waals surface area contributed by atoms with Gasteiger partial charge in [-0.25, -0.2) is 4.79 Å². The summed E-state index contributed by atoms with van der Waals surface area (Å²) >= 11 is 0. The largest absolute Gasteiger partial charge is 0.469 e. The van der Waals surface area contributed by atoms with Crippen LogP contribution >= 0.6 is 0 Å². The highest BCUT2D eigenvalue weighted by Crippen LogP contribution is 2.16. The lowest BCUT2D eigenvalue weighted by atomic mass is 10.2. The van der Waals surface area contributed by atoms with Gasteiger partial charge in [-0.05, 0) is 37.6 Å². The van der Waals surface area contributed by atoms with Crippen molar-refractivity contribution in [1.29, 1.82) is 0 Å². The fourth-order valence-corrected chi connectivity index (χ4v) is 1.44. The molecule has 0 saturated carbocycles. The number of esters is 1. The van der Waals surface area contributed by atoms with Crippen LogP contribution in [0.2, 0.25) is 0 Å². The second kappa shape index (κ2) is 4.23. The molecule has 0 aliphatic carbocycles. The van der Waals surface area contributed by atoms with Crippen LogP contribution < -0.4 is 4.74 Å². The zero-order valence-electron chi connectivity index (χ0n) is 9.19. The summed E-state index contributed by atoms with van der Waals surface area (Å²) in [5.74, 6) is 0.722. The molecule has 0 fully saturated rings. The van der Waals surface area contributed by atoms with Crippen molar-refractivity contribution in [3.63, 3.8) is 0 Å². The number of furan rings is 1. The predicted octanol–water partition coefficient (Wildman–Crippen LogP) is 3.12. The average Bonchev–Trinajstić information content (AvgIpc) is 2.64. The van der Waals surface area contributed by atoms with Gasteiger partial charge in [0.15, 0.2) is 0 Å². The van der Waals surface area contributed by atoms with Crippen molar-refractivity contribution in [1.82, 2.24) is 0 Å². The molecule has 1 aromatic carbocycles. The highest BCUT2D eigenvalue weighted by Gasteiger charge is 2.13. The number of hydrogen-bond donors (Lipinski definition) is 0. The summed E-state index contributed by atoms with van der Waals surface area (Å²) in [6, 6.07) is 8.96. The van der Waals surface area contributed by atoms with E-state index in [1.165, 1.54) is 6.26 Å². The van der Waals surface area contributed by atoms with Crippen LogP contribution in [0, 0.1) is 13.8 Å². The van der Waals surface area contributed by atoms with Crippen LogP contribution in [0.25, 0.3) is 0 Å². The number of carbonyl (C=O) groups is 1. The minimum Gasteiger partial charge on any atom is -0.469 e. The number of rotatable bonds is 2. The standard InChI is InChI=1S/C13H12O3/c1-9-4-3-5-11(8-9)16-13(14)12-6-7-15-10(12)2/h3-8H,1-2H3. The molecule has 16 heavy (non-hydrogen) atoms. The van der Waals surface area contributed by atoms with Crippen LogP contribution in [0.15, 0.2) is 41.0 Å². The van der Waals surface area contributed by atoms with Gasteiger partial charge >= 0.3 is 5.97 Å². The third-order valence-electron chi connectivity index (χ3n) is 2.28. The van der Waals surface area contributed by atoms with Crippen LogP contribution in [-0.2, 0) is 0 Å². The zero-order valence-corrected chi connectivity index (χ0v) is 9.19. The monoisotopic (exact) mass is 216 g/mol. The van der Waals surface area contributed by atoms with Gasteiger partial charge < -0.3 is 9.15 Å². The van der Waals surface area contributed by atoms with Crippen molar-refractivity contribution in [3.05, 3.63) is 53.5 Å². The summed E-state index contributed by atoms with van der Waals surface area (Å²) in [7, 11) is 0. The van der Waals surface area contributed by atoms with Gasteiger partial charge in [0, 0.05) is 0 Å². The van der Waals surface area contributed by atoms with Crippen molar-refractivity contribution >= 4 is 5.97 Å². The quantitative estimate of drug-likeness (QED) is 0.572. The molecule has 0 radical (unpaired) electrons. The molecular formula is C13H12O3. The van der Waals surface area contributed by atoms with E-state index in [1.807, 2.05) is 25.1 Å². The van der Waals surface area contributed by atoms with Crippen molar-refractivity contribution in [3.8, 4) is 5.75 Å². The Morgan fingerprint density at radius 3 is 2.69 bits per heavy atom. The zero-order chi connectivity index (χ0) is 11.5. The van der Waals surface area contributed by atoms with Crippen LogP contribution in [0.4, 0.5) is 0 Å². The molecular weight excluding hydrogens is 204 g/mol. The van der Waals surface area contributed by atoms with E-state index in [9.17, 15) is 4.79 Å². The van der Waals surface area contributed by atoms with Crippen molar-refractivity contribution < 1.29 is 13.9 Å². The van der Waals surface area contributed by atoms with Crippen LogP contribution in [-0.4, -0.2) is 5.97 Å². The van der Waals surface area contributed by atoms with Crippen LogP contribution in [0.1, 0.15) is 21.7 Å². The van der Waals surface area contributed by atoms with E-state index in [0.29, 0.717) is 17.1 Å². The second-order valence-corrected chi connectivity index (χ2v) is 3.60. The van der Waals surface area contributed by atoms with E-state index in [0.717, 1.165) is 5.56 Å². The molecule has 0 N–H and O–H groups in total. The Morgan fingerprint density at radius 2 is 2.06 bits per heavy atom. The van der Waals surface area contributed by atoms with E-state index < -0.39 is 5.97 Å². The molecule has 0 spiro atoms. The Hall–Kier alpha value is -2.03. The lowest BCUT2D eigenvalue weighted by Crippen LogP contribution is -2.08. The van der Waals surface area contributed by atoms with E-state index in [-0.39, 0.29) is 0 Å². The Kier molecular flexibility index (Phi) is 2.77. The number of hydrogen-bond acceptors (Lipinski definition) is 3. The lowest BCUT2D eigenvalue weighted by Gasteiger charge is -2.03. The molecule has 3 heteroatoms.